The number of sulfonamides is 1. The number of amides is 3. The van der Waals surface area contributed by atoms with Crippen molar-refractivity contribution in [2.45, 2.75) is 65.3 Å². The Bertz CT molecular complexity index is 1330. The molecule has 1 unspecified atom stereocenters. The van der Waals surface area contributed by atoms with Crippen molar-refractivity contribution in [3.8, 4) is 0 Å². The van der Waals surface area contributed by atoms with Gasteiger partial charge in [-0.25, -0.2) is 18.0 Å². The van der Waals surface area contributed by atoms with E-state index < -0.39 is 62.3 Å². The number of nitrogens with zero attached hydrogens (tertiary/aromatic N) is 1. The van der Waals surface area contributed by atoms with E-state index in [1.165, 1.54) is 24.3 Å². The van der Waals surface area contributed by atoms with Crippen LogP contribution in [0.2, 0.25) is 0 Å². The van der Waals surface area contributed by atoms with Crippen molar-refractivity contribution in [2.75, 3.05) is 11.1 Å². The van der Waals surface area contributed by atoms with E-state index >= 15 is 0 Å². The first-order valence-corrected chi connectivity index (χ1v) is 14.5. The van der Waals surface area contributed by atoms with Crippen molar-refractivity contribution >= 4 is 51.1 Å². The number of aliphatic carboxylic acids is 1. The summed E-state index contributed by atoms with van der Waals surface area (Å²) >= 11 is 0. The van der Waals surface area contributed by atoms with Gasteiger partial charge in [0.2, 0.25) is 33.7 Å². The minimum atomic E-state index is -4.11. The highest BCUT2D eigenvalue weighted by Gasteiger charge is 2.65. The second kappa shape index (κ2) is 11.5. The number of rotatable bonds is 11. The third kappa shape index (κ3) is 6.39. The van der Waals surface area contributed by atoms with Crippen LogP contribution in [0.15, 0.2) is 24.3 Å². The number of carbonyl (C=O) groups is 5. The Balaban J connectivity index is 1.59. The highest BCUT2D eigenvalue weighted by Crippen LogP contribution is 2.64. The quantitative estimate of drug-likeness (QED) is 0.187. The van der Waals surface area contributed by atoms with Gasteiger partial charge in [-0.1, -0.05) is 26.0 Å². The summed E-state index contributed by atoms with van der Waals surface area (Å²) in [5.74, 6) is -4.58. The zero-order valence-electron chi connectivity index (χ0n) is 22.7. The molecule has 1 aromatic rings. The molecule has 0 spiro atoms. The van der Waals surface area contributed by atoms with Gasteiger partial charge in [-0.05, 0) is 48.3 Å². The summed E-state index contributed by atoms with van der Waals surface area (Å²) in [6, 6.07) is 4.59. The van der Waals surface area contributed by atoms with Gasteiger partial charge in [0.15, 0.2) is 0 Å². The molecule has 14 heteroatoms. The number of carboxylic acid groups (broad SMARTS) is 1. The minimum Gasteiger partial charge on any atom is -0.480 e. The van der Waals surface area contributed by atoms with Gasteiger partial charge >= 0.3 is 5.97 Å². The molecule has 6 N–H and O–H groups in total. The molecule has 2 fully saturated rings. The SMILES string of the molecule is CC(=O)N(C(=N)N)C(=O)CCC(=O)Nc1ccc(C[C@H](NS(=O)(=O)C[C@]23CCC(CC2=O)C3(C)C)C(=O)O)cc1. The molecule has 0 radical (unpaired) electrons. The van der Waals surface area contributed by atoms with Crippen LogP contribution >= 0.6 is 0 Å². The van der Waals surface area contributed by atoms with Gasteiger partial charge in [0.25, 0.3) is 0 Å². The normalized spacial score (nSPS) is 22.0. The second-order valence-electron chi connectivity index (χ2n) is 11.0. The number of imide groups is 1. The van der Waals surface area contributed by atoms with Crippen molar-refractivity contribution in [2.24, 2.45) is 22.5 Å². The number of fused-ring (bicyclic) bond motifs is 2. The zero-order valence-corrected chi connectivity index (χ0v) is 23.5. The van der Waals surface area contributed by atoms with Crippen LogP contribution in [-0.4, -0.2) is 65.7 Å². The first-order chi connectivity index (χ1) is 18.5. The maximum atomic E-state index is 13.1. The number of hydrogen-bond donors (Lipinski definition) is 5. The molecule has 3 atom stereocenters. The summed E-state index contributed by atoms with van der Waals surface area (Å²) in [6.07, 6.45) is 0.784. The summed E-state index contributed by atoms with van der Waals surface area (Å²) < 4.78 is 28.4. The monoisotopic (exact) mass is 577 g/mol. The van der Waals surface area contributed by atoms with Gasteiger partial charge < -0.3 is 16.2 Å². The molecule has 2 saturated carbocycles. The fraction of sp³-hybridized carbons (Fsp3) is 0.538. The fourth-order valence-electron chi connectivity index (χ4n) is 5.87. The van der Waals surface area contributed by atoms with Crippen LogP contribution in [0.1, 0.15) is 58.4 Å². The molecule has 13 nitrogen and oxygen atoms in total. The molecule has 40 heavy (non-hydrogen) atoms. The summed E-state index contributed by atoms with van der Waals surface area (Å²) in [5.41, 5.74) is 4.55. The number of nitrogens with one attached hydrogen (secondary N) is 3. The standard InChI is InChI=1S/C26H35N5O8S/c1-15(32)31(24(27)28)22(35)9-8-21(34)29-18-6-4-16(5-7-18)12-19(23(36)37)30-40(38,39)14-26-11-10-17(13-20(26)33)25(26,2)3/h4-7,17,19,30H,8-14H2,1-3H3,(H3,27,28)(H,29,34)(H,36,37)/t17?,19-,26+/m0/s1. The van der Waals surface area contributed by atoms with Gasteiger partial charge in [-0.15, -0.1) is 0 Å². The Hall–Kier alpha value is -3.65. The molecule has 1 aromatic carbocycles. The maximum Gasteiger partial charge on any atom is 0.322 e. The molecular formula is C26H35N5O8S. The second-order valence-corrected chi connectivity index (χ2v) is 12.8. The zero-order chi connectivity index (χ0) is 30.0. The number of nitrogens with two attached hydrogens (primary N) is 1. The number of Topliss-reactive ketones (excluding diaryl/α,β-unsaturated/α-hetero) is 1. The third-order valence-corrected chi connectivity index (χ3v) is 9.76. The number of guanidine groups is 1. The number of anilines is 1. The van der Waals surface area contributed by atoms with Crippen LogP contribution in [0.5, 0.6) is 0 Å². The maximum absolute atomic E-state index is 13.1. The third-order valence-electron chi connectivity index (χ3n) is 8.24. The number of carbonyl (C=O) groups excluding carboxylic acids is 4. The molecule has 0 heterocycles. The molecule has 2 aliphatic rings. The molecular weight excluding hydrogens is 542 g/mol. The molecule has 3 rings (SSSR count). The minimum absolute atomic E-state index is 0.0805. The van der Waals surface area contributed by atoms with Gasteiger partial charge in [0.1, 0.15) is 11.8 Å². The van der Waals surface area contributed by atoms with Gasteiger partial charge in [-0.3, -0.25) is 29.4 Å². The van der Waals surface area contributed by atoms with Crippen molar-refractivity contribution in [3.05, 3.63) is 29.8 Å². The fourth-order valence-corrected chi connectivity index (χ4v) is 7.89. The van der Waals surface area contributed by atoms with Crippen LogP contribution in [-0.2, 0) is 40.4 Å². The van der Waals surface area contributed by atoms with Gasteiger partial charge in [0.05, 0.1) is 5.75 Å². The first-order valence-electron chi connectivity index (χ1n) is 12.8. The number of hydrogen-bond acceptors (Lipinski definition) is 8. The largest absolute Gasteiger partial charge is 0.480 e. The summed E-state index contributed by atoms with van der Waals surface area (Å²) in [6.45, 7) is 4.89. The number of benzene rings is 1. The van der Waals surface area contributed by atoms with E-state index in [4.69, 9.17) is 11.1 Å². The molecule has 0 aliphatic heterocycles. The summed E-state index contributed by atoms with van der Waals surface area (Å²) in [4.78, 5) is 60.8. The van der Waals surface area contributed by atoms with Gasteiger partial charge in [-0.2, -0.15) is 0 Å². The lowest BCUT2D eigenvalue weighted by Crippen LogP contribution is -2.49. The Morgan fingerprint density at radius 2 is 1.80 bits per heavy atom. The molecule has 2 bridgehead atoms. The van der Waals surface area contributed by atoms with Crippen LogP contribution < -0.4 is 15.8 Å². The Morgan fingerprint density at radius 1 is 1.18 bits per heavy atom. The topological polar surface area (TPSA) is 217 Å². The van der Waals surface area contributed by atoms with E-state index in [2.05, 4.69) is 10.0 Å². The Morgan fingerprint density at radius 3 is 2.27 bits per heavy atom. The van der Waals surface area contributed by atoms with E-state index in [0.717, 1.165) is 13.3 Å². The van der Waals surface area contributed by atoms with Crippen LogP contribution in [0.25, 0.3) is 0 Å². The van der Waals surface area contributed by atoms with E-state index in [1.54, 1.807) is 0 Å². The van der Waals surface area contributed by atoms with Crippen LogP contribution in [0.4, 0.5) is 5.69 Å². The highest BCUT2D eigenvalue weighted by atomic mass is 32.2. The predicted octanol–water partition coefficient (Wildman–Crippen LogP) is 0.984. The summed E-state index contributed by atoms with van der Waals surface area (Å²) in [7, 11) is -4.11. The smallest absolute Gasteiger partial charge is 0.322 e. The molecule has 3 amide bonds. The lowest BCUT2D eigenvalue weighted by Gasteiger charge is -2.36. The lowest BCUT2D eigenvalue weighted by atomic mass is 9.70. The Kier molecular flexibility index (Phi) is 8.84. The van der Waals surface area contributed by atoms with Crippen molar-refractivity contribution < 1.29 is 37.5 Å². The van der Waals surface area contributed by atoms with Crippen molar-refractivity contribution in [1.82, 2.24) is 9.62 Å². The number of ketones is 1. The summed E-state index contributed by atoms with van der Waals surface area (Å²) in [5, 5.41) is 19.6. The lowest BCUT2D eigenvalue weighted by molar-refractivity contribution is -0.140. The van der Waals surface area contributed by atoms with E-state index in [0.29, 0.717) is 29.0 Å². The Labute approximate surface area is 232 Å². The molecule has 0 aromatic heterocycles. The van der Waals surface area contributed by atoms with Gasteiger partial charge in [0, 0.05) is 37.3 Å². The van der Waals surface area contributed by atoms with Crippen molar-refractivity contribution in [3.63, 3.8) is 0 Å². The van der Waals surface area contributed by atoms with Crippen molar-refractivity contribution in [1.29, 1.82) is 5.41 Å². The van der Waals surface area contributed by atoms with Crippen LogP contribution in [0.3, 0.4) is 0 Å². The van der Waals surface area contributed by atoms with E-state index in [9.17, 15) is 37.5 Å². The highest BCUT2D eigenvalue weighted by molar-refractivity contribution is 7.89. The number of carboxylic acids is 1. The molecule has 218 valence electrons. The molecule has 2 aliphatic carbocycles. The van der Waals surface area contributed by atoms with E-state index in [-0.39, 0.29) is 31.0 Å². The van der Waals surface area contributed by atoms with Crippen LogP contribution in [0, 0.1) is 22.2 Å². The average Bonchev–Trinajstić information content (AvgIpc) is 3.17. The van der Waals surface area contributed by atoms with E-state index in [1.807, 2.05) is 13.8 Å². The molecule has 0 saturated heterocycles. The first kappa shape index (κ1) is 30.9. The predicted molar refractivity (Wildman–Crippen MR) is 144 cm³/mol. The average molecular weight is 578 g/mol.